The van der Waals surface area contributed by atoms with Gasteiger partial charge in [0, 0.05) is 0 Å². The van der Waals surface area contributed by atoms with E-state index < -0.39 is 31.2 Å². The van der Waals surface area contributed by atoms with Crippen LogP contribution < -0.4 is 0 Å². The Balaban J connectivity index is -0.0000000277. The summed E-state index contributed by atoms with van der Waals surface area (Å²) in [5.74, 6) is 0. The van der Waals surface area contributed by atoms with Gasteiger partial charge in [-0.1, -0.05) is 0 Å². The second kappa shape index (κ2) is 14.4. The summed E-state index contributed by atoms with van der Waals surface area (Å²) in [5, 5.41) is 0. The molecule has 0 aliphatic carbocycles. The lowest BCUT2D eigenvalue weighted by Crippen LogP contribution is -1.89. The highest BCUT2D eigenvalue weighted by Crippen LogP contribution is 1.60. The van der Waals surface area contributed by atoms with Gasteiger partial charge in [0.1, 0.15) is 0 Å². The maximum atomic E-state index is 8.74. The molecule has 0 spiro atoms. The van der Waals surface area contributed by atoms with E-state index in [0.29, 0.717) is 0 Å². The predicted molar refractivity (Wildman–Crippen MR) is 69.7 cm³/mol. The molecule has 0 amide bonds. The molecule has 0 aliphatic rings. The average molecular weight is 391 g/mol. The Morgan fingerprint density at radius 1 is 0.444 bits per heavy atom. The summed E-state index contributed by atoms with van der Waals surface area (Å²) in [4.78, 5) is 0. The molecule has 0 unspecified atom stereocenters. The van der Waals surface area contributed by atoms with Gasteiger partial charge in [-0.15, -0.1) is 12.4 Å². The van der Waals surface area contributed by atoms with E-state index in [1.165, 1.54) is 0 Å². The van der Waals surface area contributed by atoms with Crippen molar-refractivity contribution in [3.63, 3.8) is 0 Å². The molecule has 116 valence electrons. The van der Waals surface area contributed by atoms with Crippen molar-refractivity contribution in [2.45, 2.75) is 0 Å². The minimum atomic E-state index is -4.67. The van der Waals surface area contributed by atoms with Crippen LogP contribution in [-0.2, 0) is 31.2 Å². The third kappa shape index (κ3) is 4640. The van der Waals surface area contributed by atoms with Gasteiger partial charge in [-0.2, -0.15) is 25.3 Å². The van der Waals surface area contributed by atoms with Crippen LogP contribution in [0.4, 0.5) is 0 Å². The summed E-state index contributed by atoms with van der Waals surface area (Å²) in [6.45, 7) is 0. The lowest BCUT2D eigenvalue weighted by atomic mass is 15.8. The monoisotopic (exact) mass is 390 g/mol. The van der Waals surface area contributed by atoms with Gasteiger partial charge >= 0.3 is 31.2 Å². The summed E-state index contributed by atoms with van der Waals surface area (Å²) in [7, 11) is -14.0. The molecule has 0 saturated heterocycles. The predicted octanol–water partition coefficient (Wildman–Crippen LogP) is -3.90. The molecule has 0 atom stereocenters. The van der Waals surface area contributed by atoms with Crippen molar-refractivity contribution in [1.29, 1.82) is 0 Å². The summed E-state index contributed by atoms with van der Waals surface area (Å²) < 4.78 is 94.8. The fraction of sp³-hybridized carbons (Fsp3) is 0. The molecule has 0 aromatic rings. The second-order valence-electron chi connectivity index (χ2n) is 1.34. The summed E-state index contributed by atoms with van der Waals surface area (Å²) >= 11 is 0. The van der Waals surface area contributed by atoms with Gasteiger partial charge in [0.2, 0.25) is 0 Å². The number of halogens is 1. The van der Waals surface area contributed by atoms with Crippen molar-refractivity contribution in [2.24, 2.45) is 0 Å². The highest BCUT2D eigenvalue weighted by atomic mass is 35.5. The second-order valence-corrected chi connectivity index (χ2v) is 4.03. The van der Waals surface area contributed by atoms with Crippen molar-refractivity contribution in [1.82, 2.24) is 0 Å². The Morgan fingerprint density at radius 2 is 0.444 bits per heavy atom. The molecule has 0 aromatic heterocycles. The molecule has 0 bridgehead atoms. The van der Waals surface area contributed by atoms with Crippen molar-refractivity contribution < 1.29 is 52.6 Å². The quantitative estimate of drug-likeness (QED) is 0.172. The number of hydrogen-bond donors (Lipinski definition) is 6. The highest BCUT2D eigenvalue weighted by molar-refractivity contribution is 7.80. The Hall–Kier alpha value is 0.965. The SMILES string of the molecule is Cl.O=S(=O)(O)O.O=S(=O)(O)O.O=S(=O)(O)O.[AlH3].[AlH3]. The van der Waals surface area contributed by atoms with E-state index in [9.17, 15) is 0 Å². The Bertz CT molecular complexity index is 346. The molecule has 6 N–H and O–H groups in total. The lowest BCUT2D eigenvalue weighted by Gasteiger charge is -1.68. The van der Waals surface area contributed by atoms with Crippen LogP contribution in [0.1, 0.15) is 0 Å². The topological polar surface area (TPSA) is 224 Å². The molecule has 18 heteroatoms. The van der Waals surface area contributed by atoms with E-state index in [-0.39, 0.29) is 47.1 Å². The van der Waals surface area contributed by atoms with Crippen molar-refractivity contribution in [3.05, 3.63) is 0 Å². The smallest absolute Gasteiger partial charge is 0.264 e. The molecule has 0 rings (SSSR count). The third-order valence-corrected chi connectivity index (χ3v) is 0. The molecule has 0 radical (unpaired) electrons. The molecular formula is H13Al2ClO12S3. The van der Waals surface area contributed by atoms with E-state index in [1.54, 1.807) is 0 Å². The molecule has 0 saturated carbocycles. The number of rotatable bonds is 0. The maximum absolute atomic E-state index is 8.74. The van der Waals surface area contributed by atoms with Gasteiger partial charge in [-0.3, -0.25) is 27.3 Å². The lowest BCUT2D eigenvalue weighted by molar-refractivity contribution is 0.378. The zero-order valence-electron chi connectivity index (χ0n) is 6.77. The van der Waals surface area contributed by atoms with Crippen LogP contribution >= 0.6 is 12.4 Å². The largest absolute Gasteiger partial charge is 0.394 e. The Kier molecular flexibility index (Phi) is 29.1. The molecular weight excluding hydrogens is 378 g/mol. The van der Waals surface area contributed by atoms with Crippen LogP contribution in [0.2, 0.25) is 0 Å². The van der Waals surface area contributed by atoms with Gasteiger partial charge in [0.25, 0.3) is 0 Å². The summed E-state index contributed by atoms with van der Waals surface area (Å²) in [5.41, 5.74) is 0. The van der Waals surface area contributed by atoms with E-state index in [2.05, 4.69) is 0 Å². The van der Waals surface area contributed by atoms with E-state index >= 15 is 0 Å². The van der Waals surface area contributed by atoms with Gasteiger partial charge in [-0.05, 0) is 0 Å². The first-order valence-corrected chi connectivity index (χ1v) is 6.29. The first-order valence-electron chi connectivity index (χ1n) is 2.10. The minimum Gasteiger partial charge on any atom is -0.264 e. The Labute approximate surface area is 130 Å². The first-order chi connectivity index (χ1) is 6.00. The van der Waals surface area contributed by atoms with E-state index in [4.69, 9.17) is 52.6 Å². The van der Waals surface area contributed by atoms with Gasteiger partial charge < -0.3 is 0 Å². The summed E-state index contributed by atoms with van der Waals surface area (Å²) in [6.07, 6.45) is 0. The van der Waals surface area contributed by atoms with Crippen molar-refractivity contribution in [3.8, 4) is 0 Å². The van der Waals surface area contributed by atoms with Crippen LogP contribution in [0, 0.1) is 0 Å². The molecule has 0 heterocycles. The van der Waals surface area contributed by atoms with Gasteiger partial charge in [0.15, 0.2) is 34.7 Å². The van der Waals surface area contributed by atoms with E-state index in [0.717, 1.165) is 0 Å². The van der Waals surface area contributed by atoms with Crippen molar-refractivity contribution >= 4 is 78.3 Å². The molecule has 0 fully saturated rings. The minimum absolute atomic E-state index is 0. The average Bonchev–Trinajstić information content (AvgIpc) is 1.41. The molecule has 0 aliphatic heterocycles. The van der Waals surface area contributed by atoms with E-state index in [1.807, 2.05) is 0 Å². The zero-order valence-corrected chi connectivity index (χ0v) is 10.0. The molecule has 18 heavy (non-hydrogen) atoms. The molecule has 0 aromatic carbocycles. The maximum Gasteiger partial charge on any atom is 0.394 e. The van der Waals surface area contributed by atoms with Crippen LogP contribution in [0.5, 0.6) is 0 Å². The van der Waals surface area contributed by atoms with Crippen LogP contribution in [0.3, 0.4) is 0 Å². The normalized spacial score (nSPS) is 9.67. The van der Waals surface area contributed by atoms with Crippen LogP contribution in [0.15, 0.2) is 0 Å². The van der Waals surface area contributed by atoms with Crippen LogP contribution in [-0.4, -0.2) is 87.3 Å². The van der Waals surface area contributed by atoms with Crippen LogP contribution in [0.25, 0.3) is 0 Å². The standard InChI is InChI=1S/2Al.ClH.3H2O4S.6H/c;;;3*1-5(2,3)4;;;;;;/h;;1H;3*(H2,1,2,3,4);;;;;;. The van der Waals surface area contributed by atoms with Gasteiger partial charge in [-0.25, -0.2) is 0 Å². The fourth-order valence-corrected chi connectivity index (χ4v) is 0. The summed E-state index contributed by atoms with van der Waals surface area (Å²) in [6, 6.07) is 0. The first kappa shape index (κ1) is 36.4. The highest BCUT2D eigenvalue weighted by Gasteiger charge is 1.85. The fourth-order valence-electron chi connectivity index (χ4n) is 0. The molecule has 12 nitrogen and oxygen atoms in total. The Morgan fingerprint density at radius 3 is 0.444 bits per heavy atom. The zero-order chi connectivity index (χ0) is 13.5. The third-order valence-electron chi connectivity index (χ3n) is 0. The van der Waals surface area contributed by atoms with Crippen molar-refractivity contribution in [2.75, 3.05) is 0 Å². The van der Waals surface area contributed by atoms with Gasteiger partial charge in [0.05, 0.1) is 0 Å². The number of hydrogen-bond acceptors (Lipinski definition) is 6.